The van der Waals surface area contributed by atoms with E-state index in [0.717, 1.165) is 17.1 Å². The molecular formula is C22H24N2O5. The van der Waals surface area contributed by atoms with Crippen molar-refractivity contribution in [2.45, 2.75) is 33.4 Å². The molecule has 2 heterocycles. The minimum Gasteiger partial charge on any atom is -0.497 e. The van der Waals surface area contributed by atoms with Gasteiger partial charge in [-0.05, 0) is 51.1 Å². The second kappa shape index (κ2) is 8.68. The first-order valence-corrected chi connectivity index (χ1v) is 9.24. The Balaban J connectivity index is 1.67. The number of hydrogen-bond acceptors (Lipinski definition) is 5. The number of amides is 1. The highest BCUT2D eigenvalue weighted by molar-refractivity contribution is 5.97. The molecular weight excluding hydrogens is 372 g/mol. The van der Waals surface area contributed by atoms with Crippen LogP contribution in [-0.2, 0) is 16.1 Å². The molecule has 7 nitrogen and oxygen atoms in total. The second-order valence-corrected chi connectivity index (χ2v) is 6.72. The van der Waals surface area contributed by atoms with Crippen LogP contribution >= 0.6 is 0 Å². The number of benzene rings is 1. The lowest BCUT2D eigenvalue weighted by Gasteiger charge is -2.14. The molecule has 0 saturated carbocycles. The monoisotopic (exact) mass is 396 g/mol. The molecule has 1 atom stereocenters. The number of carbonyl (C=O) groups is 2. The lowest BCUT2D eigenvalue weighted by molar-refractivity contribution is -0.123. The Labute approximate surface area is 169 Å². The van der Waals surface area contributed by atoms with Crippen LogP contribution in [0.3, 0.4) is 0 Å². The fraction of sp³-hybridized carbons (Fsp3) is 0.273. The van der Waals surface area contributed by atoms with Crippen LogP contribution in [0.4, 0.5) is 5.69 Å². The first kappa shape index (κ1) is 20.3. The van der Waals surface area contributed by atoms with Gasteiger partial charge in [-0.15, -0.1) is 0 Å². The number of aryl methyl sites for hydroxylation is 1. The van der Waals surface area contributed by atoms with E-state index in [0.29, 0.717) is 23.5 Å². The molecule has 0 radical (unpaired) electrons. The van der Waals surface area contributed by atoms with E-state index in [9.17, 15) is 9.59 Å². The Morgan fingerprint density at radius 1 is 1.17 bits per heavy atom. The van der Waals surface area contributed by atoms with Gasteiger partial charge in [0.15, 0.2) is 6.10 Å². The fourth-order valence-electron chi connectivity index (χ4n) is 3.03. The van der Waals surface area contributed by atoms with Gasteiger partial charge in [0.1, 0.15) is 11.5 Å². The van der Waals surface area contributed by atoms with E-state index in [4.69, 9.17) is 13.9 Å². The predicted molar refractivity (Wildman–Crippen MR) is 108 cm³/mol. The summed E-state index contributed by atoms with van der Waals surface area (Å²) in [6, 6.07) is 12.4. The summed E-state index contributed by atoms with van der Waals surface area (Å²) < 4.78 is 17.9. The van der Waals surface area contributed by atoms with Gasteiger partial charge in [0.2, 0.25) is 0 Å². The highest BCUT2D eigenvalue weighted by Crippen LogP contribution is 2.20. The molecule has 0 spiro atoms. The van der Waals surface area contributed by atoms with E-state index < -0.39 is 18.0 Å². The molecule has 3 rings (SSSR count). The van der Waals surface area contributed by atoms with Crippen LogP contribution in [0.15, 0.2) is 53.1 Å². The first-order chi connectivity index (χ1) is 13.9. The molecule has 0 aliphatic heterocycles. The average Bonchev–Trinajstić information content (AvgIpc) is 3.31. The Morgan fingerprint density at radius 3 is 2.66 bits per heavy atom. The van der Waals surface area contributed by atoms with Gasteiger partial charge in [0.05, 0.1) is 25.5 Å². The van der Waals surface area contributed by atoms with Crippen LogP contribution in [0.5, 0.6) is 5.75 Å². The topological polar surface area (TPSA) is 82.7 Å². The average molecular weight is 396 g/mol. The number of anilines is 1. The molecule has 1 amide bonds. The maximum Gasteiger partial charge on any atom is 0.340 e. The second-order valence-electron chi connectivity index (χ2n) is 6.72. The van der Waals surface area contributed by atoms with Gasteiger partial charge < -0.3 is 23.8 Å². The number of ether oxygens (including phenoxy) is 2. The molecule has 2 aromatic heterocycles. The smallest absolute Gasteiger partial charge is 0.340 e. The fourth-order valence-corrected chi connectivity index (χ4v) is 3.03. The molecule has 3 aromatic rings. The maximum atomic E-state index is 12.6. The normalized spacial score (nSPS) is 11.7. The van der Waals surface area contributed by atoms with E-state index in [1.165, 1.54) is 6.92 Å². The van der Waals surface area contributed by atoms with Crippen molar-refractivity contribution in [3.05, 3.63) is 71.4 Å². The zero-order valence-electron chi connectivity index (χ0n) is 16.9. The predicted octanol–water partition coefficient (Wildman–Crippen LogP) is 3.94. The SMILES string of the molecule is COc1cccc(NC(=O)[C@@H](C)OC(=O)c2cc(C)n(Cc3ccco3)c2C)c1. The summed E-state index contributed by atoms with van der Waals surface area (Å²) in [4.78, 5) is 25.0. The highest BCUT2D eigenvalue weighted by atomic mass is 16.5. The third kappa shape index (κ3) is 4.68. The summed E-state index contributed by atoms with van der Waals surface area (Å²) in [6.45, 7) is 5.80. The van der Waals surface area contributed by atoms with Crippen LogP contribution in [0.25, 0.3) is 0 Å². The molecule has 1 N–H and O–H groups in total. The van der Waals surface area contributed by atoms with Crippen LogP contribution in [0.1, 0.15) is 34.4 Å². The number of nitrogens with zero attached hydrogens (tertiary/aromatic N) is 1. The van der Waals surface area contributed by atoms with Crippen molar-refractivity contribution in [2.24, 2.45) is 0 Å². The number of carbonyl (C=O) groups excluding carboxylic acids is 2. The number of aromatic nitrogens is 1. The number of methoxy groups -OCH3 is 1. The van der Waals surface area contributed by atoms with Crippen molar-refractivity contribution >= 4 is 17.6 Å². The molecule has 152 valence electrons. The summed E-state index contributed by atoms with van der Waals surface area (Å²) in [5, 5.41) is 2.72. The summed E-state index contributed by atoms with van der Waals surface area (Å²) >= 11 is 0. The van der Waals surface area contributed by atoms with Crippen molar-refractivity contribution in [3.63, 3.8) is 0 Å². The zero-order valence-corrected chi connectivity index (χ0v) is 16.9. The molecule has 7 heteroatoms. The van der Waals surface area contributed by atoms with Crippen molar-refractivity contribution in [3.8, 4) is 5.75 Å². The molecule has 29 heavy (non-hydrogen) atoms. The maximum absolute atomic E-state index is 12.6. The first-order valence-electron chi connectivity index (χ1n) is 9.24. The molecule has 0 saturated heterocycles. The largest absolute Gasteiger partial charge is 0.497 e. The number of nitrogens with one attached hydrogen (secondary N) is 1. The van der Waals surface area contributed by atoms with Crippen LogP contribution in [0, 0.1) is 13.8 Å². The third-order valence-corrected chi connectivity index (χ3v) is 4.68. The minimum atomic E-state index is -0.957. The van der Waals surface area contributed by atoms with Gasteiger partial charge in [-0.25, -0.2) is 4.79 Å². The summed E-state index contributed by atoms with van der Waals surface area (Å²) in [5.74, 6) is 0.447. The number of esters is 1. The zero-order chi connectivity index (χ0) is 21.0. The lowest BCUT2D eigenvalue weighted by atomic mass is 10.2. The Bertz CT molecular complexity index is 1000. The summed E-state index contributed by atoms with van der Waals surface area (Å²) in [7, 11) is 1.55. The quantitative estimate of drug-likeness (QED) is 0.612. The number of hydrogen-bond donors (Lipinski definition) is 1. The Morgan fingerprint density at radius 2 is 1.97 bits per heavy atom. The van der Waals surface area contributed by atoms with Gasteiger partial charge in [0.25, 0.3) is 5.91 Å². The van der Waals surface area contributed by atoms with E-state index in [-0.39, 0.29) is 0 Å². The molecule has 1 aromatic carbocycles. The molecule has 0 fully saturated rings. The molecule has 0 bridgehead atoms. The summed E-state index contributed by atoms with van der Waals surface area (Å²) in [5.41, 5.74) is 2.65. The Hall–Kier alpha value is -3.48. The van der Waals surface area contributed by atoms with Gasteiger partial charge >= 0.3 is 5.97 Å². The van der Waals surface area contributed by atoms with E-state index >= 15 is 0 Å². The van der Waals surface area contributed by atoms with Gasteiger partial charge in [0, 0.05) is 23.1 Å². The van der Waals surface area contributed by atoms with Crippen molar-refractivity contribution in [1.82, 2.24) is 4.57 Å². The highest BCUT2D eigenvalue weighted by Gasteiger charge is 2.23. The number of furan rings is 1. The minimum absolute atomic E-state index is 0.420. The standard InChI is InChI=1S/C22H24N2O5/c1-14-11-20(15(2)24(14)13-19-9-6-10-28-19)22(26)29-16(3)21(25)23-17-7-5-8-18(12-17)27-4/h5-12,16H,13H2,1-4H3,(H,23,25)/t16-/m1/s1. The molecule has 0 aliphatic carbocycles. The Kier molecular flexibility index (Phi) is 6.07. The van der Waals surface area contributed by atoms with Crippen LogP contribution in [0.2, 0.25) is 0 Å². The van der Waals surface area contributed by atoms with Crippen molar-refractivity contribution in [2.75, 3.05) is 12.4 Å². The summed E-state index contributed by atoms with van der Waals surface area (Å²) in [6.07, 6.45) is 0.656. The van der Waals surface area contributed by atoms with Gasteiger partial charge in [-0.1, -0.05) is 6.07 Å². The molecule has 0 aliphatic rings. The van der Waals surface area contributed by atoms with E-state index in [1.54, 1.807) is 43.7 Å². The van der Waals surface area contributed by atoms with Crippen molar-refractivity contribution in [1.29, 1.82) is 0 Å². The third-order valence-electron chi connectivity index (χ3n) is 4.68. The van der Waals surface area contributed by atoms with Crippen LogP contribution in [-0.4, -0.2) is 29.7 Å². The van der Waals surface area contributed by atoms with Crippen LogP contribution < -0.4 is 10.1 Å². The van der Waals surface area contributed by atoms with E-state index in [2.05, 4.69) is 5.32 Å². The van der Waals surface area contributed by atoms with E-state index in [1.807, 2.05) is 30.5 Å². The van der Waals surface area contributed by atoms with Crippen molar-refractivity contribution < 1.29 is 23.5 Å². The van der Waals surface area contributed by atoms with Gasteiger partial charge in [-0.2, -0.15) is 0 Å². The molecule has 0 unspecified atom stereocenters. The lowest BCUT2D eigenvalue weighted by Crippen LogP contribution is -2.30. The number of rotatable bonds is 7. The van der Waals surface area contributed by atoms with Gasteiger partial charge in [-0.3, -0.25) is 4.79 Å².